The lowest BCUT2D eigenvalue weighted by Crippen LogP contribution is -2.35. The summed E-state index contributed by atoms with van der Waals surface area (Å²) in [5.41, 5.74) is 3.82. The number of hydrogen-bond acceptors (Lipinski definition) is 5. The monoisotopic (exact) mass is 466 g/mol. The topological polar surface area (TPSA) is 98.9 Å². The normalized spacial score (nSPS) is 15.0. The number of halogens is 2. The van der Waals surface area contributed by atoms with Crippen molar-refractivity contribution >= 4 is 22.6 Å². The number of rotatable bonds is 6. The summed E-state index contributed by atoms with van der Waals surface area (Å²) < 4.78 is 32.3. The Balaban J connectivity index is 1.33. The van der Waals surface area contributed by atoms with Crippen LogP contribution in [0.2, 0.25) is 0 Å². The highest BCUT2D eigenvalue weighted by Crippen LogP contribution is 2.28. The Hall–Kier alpha value is -3.63. The fraction of sp³-hybridized carbons (Fsp3) is 0.292. The van der Waals surface area contributed by atoms with Crippen molar-refractivity contribution in [1.29, 1.82) is 0 Å². The number of aromatic nitrogens is 4. The fourth-order valence-electron chi connectivity index (χ4n) is 3.95. The van der Waals surface area contributed by atoms with Crippen LogP contribution in [0.15, 0.2) is 48.7 Å². The third-order valence-corrected chi connectivity index (χ3v) is 5.82. The molecule has 1 aliphatic rings. The van der Waals surface area contributed by atoms with Crippen LogP contribution in [-0.2, 0) is 17.2 Å². The summed E-state index contributed by atoms with van der Waals surface area (Å²) >= 11 is 0. The van der Waals surface area contributed by atoms with Crippen LogP contribution < -0.4 is 5.32 Å². The zero-order valence-corrected chi connectivity index (χ0v) is 18.6. The van der Waals surface area contributed by atoms with Crippen LogP contribution in [0.1, 0.15) is 28.4 Å². The molecule has 0 spiro atoms. The molecule has 3 heterocycles. The summed E-state index contributed by atoms with van der Waals surface area (Å²) in [4.78, 5) is 22.9. The molecule has 0 unspecified atom stereocenters. The van der Waals surface area contributed by atoms with Gasteiger partial charge in [-0.25, -0.2) is 13.8 Å². The van der Waals surface area contributed by atoms with Gasteiger partial charge in [-0.1, -0.05) is 18.2 Å². The van der Waals surface area contributed by atoms with Gasteiger partial charge in [0.15, 0.2) is 11.5 Å². The van der Waals surface area contributed by atoms with Gasteiger partial charge in [0.25, 0.3) is 11.8 Å². The van der Waals surface area contributed by atoms with Gasteiger partial charge >= 0.3 is 0 Å². The van der Waals surface area contributed by atoms with E-state index in [0.717, 1.165) is 56.4 Å². The second kappa shape index (κ2) is 8.96. The molecule has 2 aromatic heterocycles. The summed E-state index contributed by atoms with van der Waals surface area (Å²) in [6, 6.07) is 11.3. The van der Waals surface area contributed by atoms with Gasteiger partial charge in [-0.15, -0.1) is 0 Å². The van der Waals surface area contributed by atoms with Gasteiger partial charge in [0, 0.05) is 43.9 Å². The van der Waals surface area contributed by atoms with Gasteiger partial charge in [0.1, 0.15) is 0 Å². The molecule has 0 radical (unpaired) electrons. The molecule has 1 amide bonds. The Morgan fingerprint density at radius 1 is 1.18 bits per heavy atom. The van der Waals surface area contributed by atoms with E-state index in [0.29, 0.717) is 17.2 Å². The Bertz CT molecular complexity index is 1300. The number of hydrogen-bond donors (Lipinski definition) is 3. The smallest absolute Gasteiger partial charge is 0.270 e. The first kappa shape index (κ1) is 22.2. The van der Waals surface area contributed by atoms with Crippen molar-refractivity contribution < 1.29 is 18.3 Å². The molecule has 34 heavy (non-hydrogen) atoms. The van der Waals surface area contributed by atoms with Gasteiger partial charge in [-0.05, 0) is 29.8 Å². The molecule has 0 aliphatic carbocycles. The molecule has 1 aliphatic heterocycles. The van der Waals surface area contributed by atoms with Crippen LogP contribution >= 0.6 is 0 Å². The summed E-state index contributed by atoms with van der Waals surface area (Å²) in [5, 5.41) is 9.76. The van der Waals surface area contributed by atoms with Crippen molar-refractivity contribution in [2.24, 2.45) is 0 Å². The molecular formula is C24H24F2N6O2. The summed E-state index contributed by atoms with van der Waals surface area (Å²) in [5.74, 6) is -2.88. The number of amides is 1. The molecule has 10 heteroatoms. The Morgan fingerprint density at radius 3 is 2.68 bits per heavy atom. The molecule has 2 aromatic carbocycles. The van der Waals surface area contributed by atoms with Crippen molar-refractivity contribution in [3.05, 3.63) is 65.4 Å². The molecule has 0 atom stereocenters. The van der Waals surface area contributed by atoms with Gasteiger partial charge in [-0.2, -0.15) is 5.10 Å². The number of nitrogens with one attached hydrogen (secondary N) is 3. The average molecular weight is 466 g/mol. The van der Waals surface area contributed by atoms with Gasteiger partial charge in [0.05, 0.1) is 29.9 Å². The van der Waals surface area contributed by atoms with Gasteiger partial charge in [-0.3, -0.25) is 14.8 Å². The number of carbonyl (C=O) groups excluding carboxylic acids is 1. The average Bonchev–Trinajstić information content (AvgIpc) is 3.45. The van der Waals surface area contributed by atoms with E-state index >= 15 is 0 Å². The summed E-state index contributed by atoms with van der Waals surface area (Å²) in [6.45, 7) is 4.95. The van der Waals surface area contributed by atoms with Crippen molar-refractivity contribution in [2.45, 2.75) is 19.4 Å². The number of nitrogens with zero attached hydrogens (tertiary/aromatic N) is 3. The number of anilines is 1. The number of aromatic amines is 2. The number of benzene rings is 2. The van der Waals surface area contributed by atoms with E-state index in [1.165, 1.54) is 24.3 Å². The number of carbonyl (C=O) groups is 1. The summed E-state index contributed by atoms with van der Waals surface area (Å²) in [6.07, 6.45) is 1.55. The Kier molecular flexibility index (Phi) is 5.84. The van der Waals surface area contributed by atoms with Crippen molar-refractivity contribution in [3.63, 3.8) is 0 Å². The Morgan fingerprint density at radius 2 is 1.94 bits per heavy atom. The zero-order chi connectivity index (χ0) is 23.7. The highest BCUT2D eigenvalue weighted by Gasteiger charge is 2.24. The minimum Gasteiger partial charge on any atom is -0.379 e. The SMILES string of the molecule is CC(F)(F)c1ccc(C(=O)Nc2c[nH]nc2-c2nc3cc(CN4CCOCC4)ccc3[nH]2)cc1. The standard InChI is InChI=1S/C24H24F2N6O2/c1-24(25,26)17-5-3-16(4-6-17)23(33)30-20-13-27-31-21(20)22-28-18-7-2-15(12-19(18)29-22)14-32-8-10-34-11-9-32/h2-7,12-13H,8-11,14H2,1H3,(H,27,31)(H,28,29)(H,30,33). The van der Waals surface area contributed by atoms with E-state index in [-0.39, 0.29) is 11.1 Å². The van der Waals surface area contributed by atoms with Crippen molar-refractivity contribution in [3.8, 4) is 11.5 Å². The predicted molar refractivity (Wildman–Crippen MR) is 124 cm³/mol. The molecular weight excluding hydrogens is 442 g/mol. The van der Waals surface area contributed by atoms with Crippen molar-refractivity contribution in [2.75, 3.05) is 31.6 Å². The molecule has 3 N–H and O–H groups in total. The van der Waals surface area contributed by atoms with Gasteiger partial charge < -0.3 is 15.0 Å². The largest absolute Gasteiger partial charge is 0.379 e. The minimum atomic E-state index is -2.96. The second-order valence-electron chi connectivity index (χ2n) is 8.39. The lowest BCUT2D eigenvalue weighted by molar-refractivity contribution is 0.0174. The third-order valence-electron chi connectivity index (χ3n) is 5.82. The highest BCUT2D eigenvalue weighted by atomic mass is 19.3. The first-order chi connectivity index (χ1) is 16.4. The van der Waals surface area contributed by atoms with Crippen LogP contribution in [0.25, 0.3) is 22.6 Å². The van der Waals surface area contributed by atoms with E-state index in [1.54, 1.807) is 6.20 Å². The third kappa shape index (κ3) is 4.68. The van der Waals surface area contributed by atoms with E-state index in [4.69, 9.17) is 4.74 Å². The molecule has 0 saturated carbocycles. The van der Waals surface area contributed by atoms with Crippen molar-refractivity contribution in [1.82, 2.24) is 25.1 Å². The zero-order valence-electron chi connectivity index (χ0n) is 18.6. The number of fused-ring (bicyclic) bond motifs is 1. The lowest BCUT2D eigenvalue weighted by atomic mass is 10.1. The first-order valence-corrected chi connectivity index (χ1v) is 11.0. The lowest BCUT2D eigenvalue weighted by Gasteiger charge is -2.26. The van der Waals surface area contributed by atoms with Crippen LogP contribution in [-0.4, -0.2) is 57.3 Å². The van der Waals surface area contributed by atoms with Crippen LogP contribution in [0.5, 0.6) is 0 Å². The van der Waals surface area contributed by atoms with E-state index in [9.17, 15) is 13.6 Å². The van der Waals surface area contributed by atoms with E-state index in [1.807, 2.05) is 12.1 Å². The van der Waals surface area contributed by atoms with Crippen LogP contribution in [0, 0.1) is 0 Å². The van der Waals surface area contributed by atoms with E-state index in [2.05, 4.69) is 36.4 Å². The van der Waals surface area contributed by atoms with Crippen LogP contribution in [0.4, 0.5) is 14.5 Å². The number of imidazole rings is 1. The molecule has 176 valence electrons. The molecule has 5 rings (SSSR count). The summed E-state index contributed by atoms with van der Waals surface area (Å²) in [7, 11) is 0. The maximum absolute atomic E-state index is 13.4. The molecule has 1 saturated heterocycles. The Labute approximate surface area is 194 Å². The number of morpholine rings is 1. The number of ether oxygens (including phenoxy) is 1. The minimum absolute atomic E-state index is 0.150. The van der Waals surface area contributed by atoms with E-state index < -0.39 is 11.8 Å². The maximum Gasteiger partial charge on any atom is 0.270 e. The van der Waals surface area contributed by atoms with Crippen LogP contribution in [0.3, 0.4) is 0 Å². The molecule has 0 bridgehead atoms. The molecule has 1 fully saturated rings. The maximum atomic E-state index is 13.4. The predicted octanol–water partition coefficient (Wildman–Crippen LogP) is 4.15. The first-order valence-electron chi connectivity index (χ1n) is 11.0. The fourth-order valence-corrected chi connectivity index (χ4v) is 3.95. The molecule has 4 aromatic rings. The number of H-pyrrole nitrogens is 2. The molecule has 8 nitrogen and oxygen atoms in total. The van der Waals surface area contributed by atoms with Gasteiger partial charge in [0.2, 0.25) is 0 Å². The highest BCUT2D eigenvalue weighted by molar-refractivity contribution is 6.05. The second-order valence-corrected chi connectivity index (χ2v) is 8.39. The number of alkyl halides is 2. The quantitative estimate of drug-likeness (QED) is 0.397.